The molecule has 1 aromatic rings. The fourth-order valence-corrected chi connectivity index (χ4v) is 1.84. The smallest absolute Gasteiger partial charge is 0.191 e. The monoisotopic (exact) mass is 241 g/mol. The van der Waals surface area contributed by atoms with E-state index in [1.54, 1.807) is 18.4 Å². The summed E-state index contributed by atoms with van der Waals surface area (Å²) >= 11 is 1.74. The van der Waals surface area contributed by atoms with E-state index < -0.39 is 0 Å². The fourth-order valence-electron chi connectivity index (χ4n) is 1.19. The topological polar surface area (TPSA) is 45.6 Å². The number of hydrogen-bond donors (Lipinski definition) is 2. The van der Waals surface area contributed by atoms with E-state index in [0.717, 1.165) is 25.7 Å². The number of ether oxygens (including phenoxy) is 1. The van der Waals surface area contributed by atoms with E-state index >= 15 is 0 Å². The number of nitrogens with one attached hydrogen (secondary N) is 2. The first-order chi connectivity index (χ1) is 7.86. The summed E-state index contributed by atoms with van der Waals surface area (Å²) in [6, 6.07) is 4.15. The van der Waals surface area contributed by atoms with Crippen molar-refractivity contribution in [3.8, 4) is 0 Å². The van der Waals surface area contributed by atoms with Crippen molar-refractivity contribution in [1.29, 1.82) is 0 Å². The molecule has 0 spiro atoms. The van der Waals surface area contributed by atoms with Crippen LogP contribution in [0.5, 0.6) is 0 Å². The lowest BCUT2D eigenvalue weighted by Crippen LogP contribution is -2.38. The van der Waals surface area contributed by atoms with Gasteiger partial charge < -0.3 is 15.4 Å². The van der Waals surface area contributed by atoms with Gasteiger partial charge in [-0.3, -0.25) is 4.99 Å². The summed E-state index contributed by atoms with van der Waals surface area (Å²) in [4.78, 5) is 5.43. The SMILES string of the molecule is CCOCCNC(=NC)NCc1cccs1. The standard InChI is InChI=1S/C11H19N3OS/c1-3-15-7-6-13-11(12-2)14-9-10-5-4-8-16-10/h4-5,8H,3,6-7,9H2,1-2H3,(H2,12,13,14). The first kappa shape index (κ1) is 13.0. The fraction of sp³-hybridized carbons (Fsp3) is 0.545. The minimum atomic E-state index is 0.705. The predicted octanol–water partition coefficient (Wildman–Crippen LogP) is 1.45. The van der Waals surface area contributed by atoms with Crippen LogP contribution in [0, 0.1) is 0 Å². The molecule has 0 fully saturated rings. The van der Waals surface area contributed by atoms with Crippen LogP contribution in [0.15, 0.2) is 22.5 Å². The highest BCUT2D eigenvalue weighted by Gasteiger charge is 1.97. The summed E-state index contributed by atoms with van der Waals surface area (Å²) in [5, 5.41) is 8.50. The van der Waals surface area contributed by atoms with Gasteiger partial charge in [0, 0.05) is 25.1 Å². The molecule has 0 amide bonds. The third-order valence-electron chi connectivity index (χ3n) is 1.98. The maximum absolute atomic E-state index is 5.24. The molecule has 0 unspecified atom stereocenters. The molecule has 0 radical (unpaired) electrons. The largest absolute Gasteiger partial charge is 0.380 e. The van der Waals surface area contributed by atoms with Gasteiger partial charge in [-0.1, -0.05) is 6.07 Å². The van der Waals surface area contributed by atoms with Crippen molar-refractivity contribution in [1.82, 2.24) is 10.6 Å². The molecule has 0 aromatic carbocycles. The molecule has 0 aliphatic rings. The van der Waals surface area contributed by atoms with E-state index in [1.807, 2.05) is 13.0 Å². The van der Waals surface area contributed by atoms with Crippen LogP contribution in [0.4, 0.5) is 0 Å². The van der Waals surface area contributed by atoms with Gasteiger partial charge in [-0.15, -0.1) is 11.3 Å². The normalized spacial score (nSPS) is 11.5. The lowest BCUT2D eigenvalue weighted by atomic mass is 10.5. The van der Waals surface area contributed by atoms with Crippen LogP contribution < -0.4 is 10.6 Å². The Bertz CT molecular complexity index is 298. The minimum Gasteiger partial charge on any atom is -0.380 e. The Hall–Kier alpha value is -1.07. The van der Waals surface area contributed by atoms with Crippen molar-refractivity contribution in [2.45, 2.75) is 13.5 Å². The van der Waals surface area contributed by atoms with E-state index in [2.05, 4.69) is 27.1 Å². The summed E-state index contributed by atoms with van der Waals surface area (Å²) in [6.07, 6.45) is 0. The van der Waals surface area contributed by atoms with Gasteiger partial charge in [0.1, 0.15) is 0 Å². The Morgan fingerprint density at radius 3 is 3.00 bits per heavy atom. The Morgan fingerprint density at radius 2 is 2.38 bits per heavy atom. The first-order valence-corrected chi connectivity index (χ1v) is 6.29. The molecule has 2 N–H and O–H groups in total. The average molecular weight is 241 g/mol. The van der Waals surface area contributed by atoms with Crippen LogP contribution in [-0.4, -0.2) is 32.8 Å². The lowest BCUT2D eigenvalue weighted by molar-refractivity contribution is 0.152. The number of rotatable bonds is 6. The highest BCUT2D eigenvalue weighted by atomic mass is 32.1. The lowest BCUT2D eigenvalue weighted by Gasteiger charge is -2.10. The Morgan fingerprint density at radius 1 is 1.50 bits per heavy atom. The Kier molecular flexibility index (Phi) is 6.60. The molecule has 5 heteroatoms. The summed E-state index contributed by atoms with van der Waals surface area (Å²) in [5.74, 6) is 0.813. The van der Waals surface area contributed by atoms with Crippen molar-refractivity contribution in [3.63, 3.8) is 0 Å². The van der Waals surface area contributed by atoms with Crippen molar-refractivity contribution in [2.24, 2.45) is 4.99 Å². The third-order valence-corrected chi connectivity index (χ3v) is 2.85. The van der Waals surface area contributed by atoms with E-state index in [-0.39, 0.29) is 0 Å². The van der Waals surface area contributed by atoms with E-state index in [1.165, 1.54) is 4.88 Å². The summed E-state index contributed by atoms with van der Waals surface area (Å²) in [6.45, 7) is 5.03. The summed E-state index contributed by atoms with van der Waals surface area (Å²) < 4.78 is 5.24. The van der Waals surface area contributed by atoms with Crippen molar-refractivity contribution in [3.05, 3.63) is 22.4 Å². The Labute approximate surface area is 101 Å². The zero-order valence-electron chi connectivity index (χ0n) is 9.82. The van der Waals surface area contributed by atoms with Crippen LogP contribution in [0.1, 0.15) is 11.8 Å². The van der Waals surface area contributed by atoms with Gasteiger partial charge in [0.15, 0.2) is 5.96 Å². The maximum atomic E-state index is 5.24. The molecule has 16 heavy (non-hydrogen) atoms. The van der Waals surface area contributed by atoms with Gasteiger partial charge in [-0.05, 0) is 18.4 Å². The van der Waals surface area contributed by atoms with Gasteiger partial charge in [-0.25, -0.2) is 0 Å². The second kappa shape index (κ2) is 8.13. The minimum absolute atomic E-state index is 0.705. The molecule has 0 bridgehead atoms. The molecule has 90 valence electrons. The van der Waals surface area contributed by atoms with Crippen LogP contribution >= 0.6 is 11.3 Å². The molecule has 4 nitrogen and oxygen atoms in total. The van der Waals surface area contributed by atoms with Gasteiger partial charge in [0.2, 0.25) is 0 Å². The van der Waals surface area contributed by atoms with Gasteiger partial charge in [0.05, 0.1) is 13.2 Å². The molecule has 0 aliphatic carbocycles. The van der Waals surface area contributed by atoms with Crippen LogP contribution in [0.2, 0.25) is 0 Å². The zero-order valence-corrected chi connectivity index (χ0v) is 10.6. The highest BCUT2D eigenvalue weighted by Crippen LogP contribution is 2.06. The van der Waals surface area contributed by atoms with Crippen LogP contribution in [0.25, 0.3) is 0 Å². The van der Waals surface area contributed by atoms with Crippen molar-refractivity contribution >= 4 is 17.3 Å². The van der Waals surface area contributed by atoms with Crippen molar-refractivity contribution in [2.75, 3.05) is 26.8 Å². The first-order valence-electron chi connectivity index (χ1n) is 5.41. The zero-order chi connectivity index (χ0) is 11.6. The van der Waals surface area contributed by atoms with Gasteiger partial charge >= 0.3 is 0 Å². The highest BCUT2D eigenvalue weighted by molar-refractivity contribution is 7.09. The van der Waals surface area contributed by atoms with Gasteiger partial charge in [-0.2, -0.15) is 0 Å². The molecule has 0 atom stereocenters. The summed E-state index contributed by atoms with van der Waals surface area (Å²) in [5.41, 5.74) is 0. The number of aliphatic imine (C=N–C) groups is 1. The second-order valence-electron chi connectivity index (χ2n) is 3.13. The van der Waals surface area contributed by atoms with Crippen LogP contribution in [-0.2, 0) is 11.3 Å². The van der Waals surface area contributed by atoms with Crippen molar-refractivity contribution < 1.29 is 4.74 Å². The molecular weight excluding hydrogens is 222 g/mol. The number of nitrogens with zero attached hydrogens (tertiary/aromatic N) is 1. The molecule has 0 saturated heterocycles. The molecule has 0 saturated carbocycles. The Balaban J connectivity index is 2.17. The van der Waals surface area contributed by atoms with Crippen LogP contribution in [0.3, 0.4) is 0 Å². The van der Waals surface area contributed by atoms with E-state index in [4.69, 9.17) is 4.74 Å². The van der Waals surface area contributed by atoms with E-state index in [0.29, 0.717) is 6.61 Å². The maximum Gasteiger partial charge on any atom is 0.191 e. The summed E-state index contributed by atoms with van der Waals surface area (Å²) in [7, 11) is 1.77. The quantitative estimate of drug-likeness (QED) is 0.450. The number of thiophene rings is 1. The number of guanidine groups is 1. The number of hydrogen-bond acceptors (Lipinski definition) is 3. The van der Waals surface area contributed by atoms with E-state index in [9.17, 15) is 0 Å². The average Bonchev–Trinajstić information content (AvgIpc) is 2.81. The molecule has 0 aliphatic heterocycles. The molecular formula is C11H19N3OS. The molecule has 1 heterocycles. The predicted molar refractivity (Wildman–Crippen MR) is 69.0 cm³/mol. The second-order valence-corrected chi connectivity index (χ2v) is 4.16. The van der Waals surface area contributed by atoms with Gasteiger partial charge in [0.25, 0.3) is 0 Å². The molecule has 1 aromatic heterocycles. The third kappa shape index (κ3) is 5.14. The molecule has 1 rings (SSSR count).